The van der Waals surface area contributed by atoms with Crippen molar-refractivity contribution in [3.8, 4) is 5.75 Å². The Morgan fingerprint density at radius 1 is 1.55 bits per heavy atom. The highest BCUT2D eigenvalue weighted by Gasteiger charge is 2.28. The van der Waals surface area contributed by atoms with Crippen LogP contribution in [0.1, 0.15) is 13.8 Å². The van der Waals surface area contributed by atoms with Gasteiger partial charge in [0.15, 0.2) is 6.10 Å². The summed E-state index contributed by atoms with van der Waals surface area (Å²) in [5, 5.41) is 11.9. The fourth-order valence-corrected chi connectivity index (χ4v) is 1.98. The van der Waals surface area contributed by atoms with E-state index in [1.165, 1.54) is 0 Å². The maximum absolute atomic E-state index is 11.9. The number of carboxylic acid groups (broad SMARTS) is 1. The van der Waals surface area contributed by atoms with Gasteiger partial charge < -0.3 is 20.1 Å². The molecule has 6 nitrogen and oxygen atoms in total. The van der Waals surface area contributed by atoms with Crippen molar-refractivity contribution in [3.63, 3.8) is 0 Å². The van der Waals surface area contributed by atoms with Crippen LogP contribution in [0.3, 0.4) is 0 Å². The number of nitrogens with one attached hydrogen (secondary N) is 1. The van der Waals surface area contributed by atoms with E-state index in [0.717, 1.165) is 5.69 Å². The van der Waals surface area contributed by atoms with E-state index in [-0.39, 0.29) is 5.91 Å². The normalized spacial score (nSPS) is 19.1. The number of carbonyl (C=O) groups is 2. The van der Waals surface area contributed by atoms with Crippen molar-refractivity contribution in [1.82, 2.24) is 0 Å². The van der Waals surface area contributed by atoms with Gasteiger partial charge in [0.2, 0.25) is 0 Å². The Morgan fingerprint density at radius 3 is 2.90 bits per heavy atom. The van der Waals surface area contributed by atoms with Crippen LogP contribution >= 0.6 is 0 Å². The molecule has 2 N–H and O–H groups in total. The average molecular weight is 278 g/mol. The quantitative estimate of drug-likeness (QED) is 0.874. The Labute approximate surface area is 117 Å². The summed E-state index contributed by atoms with van der Waals surface area (Å²) >= 11 is 0. The molecule has 0 aliphatic carbocycles. The topological polar surface area (TPSA) is 78.9 Å². The molecule has 0 fully saturated rings. The van der Waals surface area contributed by atoms with Crippen LogP contribution in [0.2, 0.25) is 0 Å². The molecule has 1 aromatic rings. The molecule has 1 heterocycles. The minimum Gasteiger partial charge on any atom is -0.481 e. The highest BCUT2D eigenvalue weighted by molar-refractivity contribution is 5.99. The van der Waals surface area contributed by atoms with E-state index in [1.807, 2.05) is 6.07 Å². The Kier molecular flexibility index (Phi) is 3.83. The number of fused-ring (bicyclic) bond motifs is 1. The second-order valence-corrected chi connectivity index (χ2v) is 4.96. The summed E-state index contributed by atoms with van der Waals surface area (Å²) in [6, 6.07) is 5.37. The third-order valence-electron chi connectivity index (χ3n) is 3.34. The lowest BCUT2D eigenvalue weighted by atomic mass is 10.1. The second kappa shape index (κ2) is 5.40. The number of benzene rings is 1. The van der Waals surface area contributed by atoms with Crippen molar-refractivity contribution >= 4 is 23.3 Å². The molecule has 0 saturated heterocycles. The van der Waals surface area contributed by atoms with E-state index < -0.39 is 18.0 Å². The number of aliphatic carboxylic acids is 1. The predicted molar refractivity (Wildman–Crippen MR) is 75.2 cm³/mol. The monoisotopic (exact) mass is 278 g/mol. The third-order valence-corrected chi connectivity index (χ3v) is 3.34. The summed E-state index contributed by atoms with van der Waals surface area (Å²) in [7, 11) is 1.70. The van der Waals surface area contributed by atoms with Crippen molar-refractivity contribution in [3.05, 3.63) is 18.2 Å². The summed E-state index contributed by atoms with van der Waals surface area (Å²) < 4.78 is 5.52. The molecule has 108 valence electrons. The number of rotatable bonds is 4. The molecule has 0 aromatic heterocycles. The first kappa shape index (κ1) is 14.2. The van der Waals surface area contributed by atoms with Crippen LogP contribution in [-0.4, -0.2) is 36.7 Å². The number of hydrogen-bond donors (Lipinski definition) is 2. The minimum absolute atomic E-state index is 0.103. The van der Waals surface area contributed by atoms with Crippen molar-refractivity contribution in [2.45, 2.75) is 20.0 Å². The lowest BCUT2D eigenvalue weighted by molar-refractivity contribution is -0.140. The molecular formula is C14H18N2O4. The summed E-state index contributed by atoms with van der Waals surface area (Å²) in [5.41, 5.74) is 1.44. The van der Waals surface area contributed by atoms with Gasteiger partial charge in [-0.05, 0) is 25.1 Å². The first-order valence-electron chi connectivity index (χ1n) is 6.45. The molecule has 2 unspecified atom stereocenters. The van der Waals surface area contributed by atoms with Crippen LogP contribution in [-0.2, 0) is 9.59 Å². The minimum atomic E-state index is -0.847. The van der Waals surface area contributed by atoms with E-state index >= 15 is 0 Å². The molecule has 1 aromatic carbocycles. The maximum Gasteiger partial charge on any atom is 0.308 e. The van der Waals surface area contributed by atoms with E-state index in [0.29, 0.717) is 18.0 Å². The summed E-state index contributed by atoms with van der Waals surface area (Å²) in [6.45, 7) is 3.67. The highest BCUT2D eigenvalue weighted by Crippen LogP contribution is 2.35. The predicted octanol–water partition coefficient (Wildman–Crippen LogP) is 1.56. The van der Waals surface area contributed by atoms with E-state index in [2.05, 4.69) is 5.32 Å². The fraction of sp³-hybridized carbons (Fsp3) is 0.429. The molecular weight excluding hydrogens is 260 g/mol. The smallest absolute Gasteiger partial charge is 0.308 e. The van der Waals surface area contributed by atoms with Crippen molar-refractivity contribution in [1.29, 1.82) is 0 Å². The van der Waals surface area contributed by atoms with Gasteiger partial charge in [-0.3, -0.25) is 9.59 Å². The number of anilines is 2. The number of amides is 1. The van der Waals surface area contributed by atoms with Crippen LogP contribution in [0.15, 0.2) is 18.2 Å². The zero-order valence-corrected chi connectivity index (χ0v) is 11.7. The van der Waals surface area contributed by atoms with Gasteiger partial charge in [-0.2, -0.15) is 0 Å². The molecule has 0 saturated carbocycles. The highest BCUT2D eigenvalue weighted by atomic mass is 16.5. The van der Waals surface area contributed by atoms with Crippen molar-refractivity contribution < 1.29 is 19.4 Å². The zero-order valence-electron chi connectivity index (χ0n) is 11.7. The Bertz CT molecular complexity index is 544. The van der Waals surface area contributed by atoms with E-state index in [1.54, 1.807) is 37.9 Å². The number of carboxylic acids is 1. The van der Waals surface area contributed by atoms with E-state index in [4.69, 9.17) is 9.84 Å². The largest absolute Gasteiger partial charge is 0.481 e. The standard InChI is InChI=1S/C14H18N2O4/c1-8(14(18)19)7-15-10-4-5-12-11(6-10)16(3)13(17)9(2)20-12/h4-6,8-9,15H,7H2,1-3H3,(H,18,19). The van der Waals surface area contributed by atoms with Gasteiger partial charge >= 0.3 is 5.97 Å². The Morgan fingerprint density at radius 2 is 2.25 bits per heavy atom. The number of carbonyl (C=O) groups excluding carboxylic acids is 1. The molecule has 2 rings (SSSR count). The summed E-state index contributed by atoms with van der Waals surface area (Å²) in [5.74, 6) is -0.786. The van der Waals surface area contributed by atoms with Crippen LogP contribution in [0, 0.1) is 5.92 Å². The van der Waals surface area contributed by atoms with Gasteiger partial charge in [0.05, 0.1) is 11.6 Å². The fourth-order valence-electron chi connectivity index (χ4n) is 1.98. The Hall–Kier alpha value is -2.24. The maximum atomic E-state index is 11.9. The first-order valence-corrected chi connectivity index (χ1v) is 6.45. The van der Waals surface area contributed by atoms with Gasteiger partial charge in [0, 0.05) is 19.3 Å². The summed E-state index contributed by atoms with van der Waals surface area (Å²) in [4.78, 5) is 24.2. The van der Waals surface area contributed by atoms with Crippen molar-refractivity contribution in [2.75, 3.05) is 23.8 Å². The van der Waals surface area contributed by atoms with Crippen LogP contribution in [0.5, 0.6) is 5.75 Å². The number of likely N-dealkylation sites (N-methyl/N-ethyl adjacent to an activating group) is 1. The lowest BCUT2D eigenvalue weighted by Gasteiger charge is -2.30. The number of nitrogens with zero attached hydrogens (tertiary/aromatic N) is 1. The molecule has 0 spiro atoms. The third kappa shape index (κ3) is 2.68. The van der Waals surface area contributed by atoms with Gasteiger partial charge in [-0.25, -0.2) is 0 Å². The summed E-state index contributed by atoms with van der Waals surface area (Å²) in [6.07, 6.45) is -0.488. The van der Waals surface area contributed by atoms with Crippen molar-refractivity contribution in [2.24, 2.45) is 5.92 Å². The SMILES string of the molecule is CC(CNc1ccc2c(c1)N(C)C(=O)C(C)O2)C(=O)O. The second-order valence-electron chi connectivity index (χ2n) is 4.96. The van der Waals surface area contributed by atoms with Crippen LogP contribution < -0.4 is 15.0 Å². The van der Waals surface area contributed by atoms with Crippen LogP contribution in [0.4, 0.5) is 11.4 Å². The van der Waals surface area contributed by atoms with Gasteiger partial charge in [0.1, 0.15) is 5.75 Å². The number of hydrogen-bond acceptors (Lipinski definition) is 4. The zero-order chi connectivity index (χ0) is 14.9. The molecule has 2 atom stereocenters. The van der Waals surface area contributed by atoms with Gasteiger partial charge in [0.25, 0.3) is 5.91 Å². The molecule has 1 aliphatic heterocycles. The molecule has 1 amide bonds. The van der Waals surface area contributed by atoms with Gasteiger partial charge in [-0.1, -0.05) is 6.92 Å². The molecule has 6 heteroatoms. The molecule has 1 aliphatic rings. The first-order chi connectivity index (χ1) is 9.40. The van der Waals surface area contributed by atoms with Gasteiger partial charge in [-0.15, -0.1) is 0 Å². The lowest BCUT2D eigenvalue weighted by Crippen LogP contribution is -2.41. The average Bonchev–Trinajstić information content (AvgIpc) is 2.42. The molecule has 0 bridgehead atoms. The molecule has 0 radical (unpaired) electrons. The van der Waals surface area contributed by atoms with Crippen LogP contribution in [0.25, 0.3) is 0 Å². The Balaban J connectivity index is 2.15. The number of ether oxygens (including phenoxy) is 1. The molecule has 20 heavy (non-hydrogen) atoms. The van der Waals surface area contributed by atoms with E-state index in [9.17, 15) is 9.59 Å².